The molecule has 0 heterocycles. The second-order valence-corrected chi connectivity index (χ2v) is 4.83. The van der Waals surface area contributed by atoms with Crippen molar-refractivity contribution < 1.29 is 14.4 Å². The fraction of sp³-hybridized carbons (Fsp3) is 0.125. The van der Waals surface area contributed by atoms with Gasteiger partial charge in [0.1, 0.15) is 19.5 Å². The van der Waals surface area contributed by atoms with Gasteiger partial charge in [-0.15, -0.1) is 0 Å². The molecular weight excluding hydrogens is 304 g/mol. The van der Waals surface area contributed by atoms with Gasteiger partial charge in [-0.05, 0) is 23.8 Å². The number of nitrogens with zero attached hydrogens (tertiary/aromatic N) is 1. The van der Waals surface area contributed by atoms with Crippen LogP contribution in [0.2, 0.25) is 5.02 Å². The van der Waals surface area contributed by atoms with Crippen molar-refractivity contribution in [2.75, 3.05) is 7.11 Å². The summed E-state index contributed by atoms with van der Waals surface area (Å²) in [5.74, 6) is -0.0383. The molecule has 0 aliphatic rings. The molecule has 2 aromatic carbocycles. The van der Waals surface area contributed by atoms with Crippen LogP contribution in [0.25, 0.3) is 0 Å². The van der Waals surface area contributed by atoms with E-state index in [0.717, 1.165) is 5.56 Å². The number of hydrogen-bond donors (Lipinski definition) is 1. The van der Waals surface area contributed by atoms with Crippen molar-refractivity contribution in [2.24, 2.45) is 10.9 Å². The average molecular weight is 319 g/mol. The molecule has 0 saturated heterocycles. The zero-order valence-corrected chi connectivity index (χ0v) is 12.7. The summed E-state index contributed by atoms with van der Waals surface area (Å²) < 4.78 is 5.69. The Morgan fingerprint density at radius 3 is 2.68 bits per heavy atom. The van der Waals surface area contributed by atoms with Crippen LogP contribution >= 0.6 is 11.6 Å². The summed E-state index contributed by atoms with van der Waals surface area (Å²) in [7, 11) is 1.36. The van der Waals surface area contributed by atoms with E-state index in [1.807, 2.05) is 12.1 Å². The summed E-state index contributed by atoms with van der Waals surface area (Å²) in [4.78, 5) is 16.2. The summed E-state index contributed by atoms with van der Waals surface area (Å²) in [5, 5.41) is 4.28. The summed E-state index contributed by atoms with van der Waals surface area (Å²) >= 11 is 5.91. The summed E-state index contributed by atoms with van der Waals surface area (Å²) in [5.41, 5.74) is 6.72. The second kappa shape index (κ2) is 7.47. The third-order valence-electron chi connectivity index (χ3n) is 2.88. The van der Waals surface area contributed by atoms with Crippen molar-refractivity contribution in [3.05, 3.63) is 64.7 Å². The lowest BCUT2D eigenvalue weighted by atomic mass is 10.0. The van der Waals surface area contributed by atoms with Crippen LogP contribution in [-0.2, 0) is 16.2 Å². The predicted octanol–water partition coefficient (Wildman–Crippen LogP) is 2.75. The molecule has 0 fully saturated rings. The van der Waals surface area contributed by atoms with Gasteiger partial charge in [-0.1, -0.05) is 47.1 Å². The Balaban J connectivity index is 2.25. The number of benzene rings is 2. The van der Waals surface area contributed by atoms with Crippen LogP contribution < -0.4 is 10.5 Å². The highest BCUT2D eigenvalue weighted by molar-refractivity contribution is 6.45. The van der Waals surface area contributed by atoms with Gasteiger partial charge in [0.25, 0.3) is 5.91 Å². The lowest BCUT2D eigenvalue weighted by Crippen LogP contribution is -2.25. The number of oxime groups is 1. The zero-order valence-electron chi connectivity index (χ0n) is 12.0. The molecule has 0 aliphatic carbocycles. The van der Waals surface area contributed by atoms with E-state index in [1.165, 1.54) is 7.11 Å². The van der Waals surface area contributed by atoms with Gasteiger partial charge in [-0.3, -0.25) is 4.79 Å². The van der Waals surface area contributed by atoms with Gasteiger partial charge in [-0.25, -0.2) is 0 Å². The van der Waals surface area contributed by atoms with E-state index in [0.29, 0.717) is 16.3 Å². The number of hydrogen-bond acceptors (Lipinski definition) is 4. The first kappa shape index (κ1) is 15.9. The highest BCUT2D eigenvalue weighted by atomic mass is 35.5. The second-order valence-electron chi connectivity index (χ2n) is 4.39. The number of carbonyl (C=O) groups excluding carboxylic acids is 1. The summed E-state index contributed by atoms with van der Waals surface area (Å²) in [6.07, 6.45) is 0. The fourth-order valence-corrected chi connectivity index (χ4v) is 2.09. The van der Waals surface area contributed by atoms with E-state index in [2.05, 4.69) is 9.99 Å². The van der Waals surface area contributed by atoms with E-state index in [1.54, 1.807) is 36.4 Å². The Bertz CT molecular complexity index is 701. The van der Waals surface area contributed by atoms with Gasteiger partial charge in [0.2, 0.25) is 0 Å². The lowest BCUT2D eigenvalue weighted by Gasteiger charge is -2.11. The highest BCUT2D eigenvalue weighted by Crippen LogP contribution is 2.19. The Morgan fingerprint density at radius 2 is 2.00 bits per heavy atom. The van der Waals surface area contributed by atoms with E-state index in [9.17, 15) is 4.79 Å². The van der Waals surface area contributed by atoms with Gasteiger partial charge in [-0.2, -0.15) is 0 Å². The van der Waals surface area contributed by atoms with Gasteiger partial charge in [0.15, 0.2) is 5.71 Å². The van der Waals surface area contributed by atoms with E-state index in [4.69, 9.17) is 22.1 Å². The Morgan fingerprint density at radius 1 is 1.23 bits per heavy atom. The molecule has 0 aromatic heterocycles. The molecule has 0 unspecified atom stereocenters. The maximum atomic E-state index is 11.5. The third-order valence-corrected chi connectivity index (χ3v) is 3.11. The minimum Gasteiger partial charge on any atom is -0.489 e. The summed E-state index contributed by atoms with van der Waals surface area (Å²) in [6, 6.07) is 14.3. The number of primary amides is 1. The van der Waals surface area contributed by atoms with Crippen LogP contribution in [-0.4, -0.2) is 18.7 Å². The molecule has 22 heavy (non-hydrogen) atoms. The summed E-state index contributed by atoms with van der Waals surface area (Å²) in [6.45, 7) is 0.243. The van der Waals surface area contributed by atoms with Crippen molar-refractivity contribution >= 4 is 23.2 Å². The van der Waals surface area contributed by atoms with Crippen LogP contribution in [0.4, 0.5) is 0 Å². The zero-order chi connectivity index (χ0) is 15.9. The molecule has 1 amide bonds. The molecule has 0 aliphatic heterocycles. The van der Waals surface area contributed by atoms with Gasteiger partial charge >= 0.3 is 0 Å². The van der Waals surface area contributed by atoms with Crippen molar-refractivity contribution in [3.8, 4) is 5.75 Å². The normalized spacial score (nSPS) is 11.1. The maximum absolute atomic E-state index is 11.5. The van der Waals surface area contributed by atoms with E-state index >= 15 is 0 Å². The lowest BCUT2D eigenvalue weighted by molar-refractivity contribution is -0.112. The van der Waals surface area contributed by atoms with Crippen molar-refractivity contribution in [1.29, 1.82) is 0 Å². The monoisotopic (exact) mass is 318 g/mol. The standard InChI is InChI=1S/C16H15ClN2O3/c1-21-19-15(16(18)20)14-8-3-2-5-11(14)10-22-13-7-4-6-12(17)9-13/h2-9H,10H2,1H3,(H2,18,20). The van der Waals surface area contributed by atoms with Gasteiger partial charge < -0.3 is 15.3 Å². The molecule has 0 bridgehead atoms. The van der Waals surface area contributed by atoms with E-state index in [-0.39, 0.29) is 12.3 Å². The maximum Gasteiger partial charge on any atom is 0.271 e. The largest absolute Gasteiger partial charge is 0.489 e. The number of ether oxygens (including phenoxy) is 1. The van der Waals surface area contributed by atoms with Crippen molar-refractivity contribution in [2.45, 2.75) is 6.61 Å². The molecule has 0 atom stereocenters. The van der Waals surface area contributed by atoms with Gasteiger partial charge in [0.05, 0.1) is 0 Å². The van der Waals surface area contributed by atoms with Crippen LogP contribution in [0, 0.1) is 0 Å². The Hall–Kier alpha value is -2.53. The fourth-order valence-electron chi connectivity index (χ4n) is 1.91. The topological polar surface area (TPSA) is 73.9 Å². The predicted molar refractivity (Wildman–Crippen MR) is 85.0 cm³/mol. The first-order chi connectivity index (χ1) is 10.6. The number of halogens is 1. The molecule has 0 saturated carbocycles. The Labute approximate surface area is 133 Å². The average Bonchev–Trinajstić information content (AvgIpc) is 2.51. The molecule has 0 spiro atoms. The number of amides is 1. The van der Waals surface area contributed by atoms with Crippen LogP contribution in [0.5, 0.6) is 5.75 Å². The molecule has 114 valence electrons. The van der Waals surface area contributed by atoms with Crippen LogP contribution in [0.1, 0.15) is 11.1 Å². The minimum absolute atomic E-state index is 0.0489. The minimum atomic E-state index is -0.669. The number of rotatable bonds is 6. The number of carbonyl (C=O) groups is 1. The third kappa shape index (κ3) is 3.99. The van der Waals surface area contributed by atoms with E-state index < -0.39 is 5.91 Å². The first-order valence-electron chi connectivity index (χ1n) is 6.49. The van der Waals surface area contributed by atoms with Gasteiger partial charge in [0, 0.05) is 10.6 Å². The Kier molecular flexibility index (Phi) is 5.38. The van der Waals surface area contributed by atoms with Crippen molar-refractivity contribution in [3.63, 3.8) is 0 Å². The molecule has 2 aromatic rings. The molecule has 0 radical (unpaired) electrons. The highest BCUT2D eigenvalue weighted by Gasteiger charge is 2.15. The first-order valence-corrected chi connectivity index (χ1v) is 6.87. The molecule has 2 rings (SSSR count). The number of nitrogens with two attached hydrogens (primary N) is 1. The molecule has 6 heteroatoms. The quantitative estimate of drug-likeness (QED) is 0.657. The van der Waals surface area contributed by atoms with Crippen LogP contribution in [0.3, 0.4) is 0 Å². The molecular formula is C16H15ClN2O3. The van der Waals surface area contributed by atoms with Crippen molar-refractivity contribution in [1.82, 2.24) is 0 Å². The molecule has 2 N–H and O–H groups in total. The SMILES string of the molecule is CON=C(C(N)=O)c1ccccc1COc1cccc(Cl)c1. The van der Waals surface area contributed by atoms with Crippen LogP contribution in [0.15, 0.2) is 53.7 Å². The smallest absolute Gasteiger partial charge is 0.271 e. The molecule has 5 nitrogen and oxygen atoms in total.